The molecule has 1 aliphatic carbocycles. The van der Waals surface area contributed by atoms with Gasteiger partial charge in [-0.1, -0.05) is 25.4 Å². The lowest BCUT2D eigenvalue weighted by molar-refractivity contribution is 0.0929. The zero-order valence-electron chi connectivity index (χ0n) is 21.0. The molecule has 4 aromatic rings. The number of thiazole rings is 1. The lowest BCUT2D eigenvalue weighted by atomic mass is 10.1. The van der Waals surface area contributed by atoms with Gasteiger partial charge in [0.1, 0.15) is 0 Å². The van der Waals surface area contributed by atoms with Crippen molar-refractivity contribution in [3.63, 3.8) is 0 Å². The van der Waals surface area contributed by atoms with Gasteiger partial charge in [0.05, 0.1) is 28.3 Å². The van der Waals surface area contributed by atoms with E-state index in [9.17, 15) is 4.79 Å². The van der Waals surface area contributed by atoms with E-state index < -0.39 is 0 Å². The summed E-state index contributed by atoms with van der Waals surface area (Å²) in [5.74, 6) is 0.298. The van der Waals surface area contributed by atoms with Gasteiger partial charge in [0.15, 0.2) is 5.01 Å². The third-order valence-corrected chi connectivity index (χ3v) is 7.84. The summed E-state index contributed by atoms with van der Waals surface area (Å²) in [5, 5.41) is 9.08. The van der Waals surface area contributed by atoms with Gasteiger partial charge in [0.2, 0.25) is 5.95 Å². The highest BCUT2D eigenvalue weighted by Crippen LogP contribution is 2.34. The predicted molar refractivity (Wildman–Crippen MR) is 150 cm³/mol. The Hall–Kier alpha value is -2.73. The number of nitrogens with zero attached hydrogens (tertiary/aromatic N) is 5. The number of hydrogen-bond donors (Lipinski definition) is 2. The minimum Gasteiger partial charge on any atom is -0.385 e. The van der Waals surface area contributed by atoms with Crippen LogP contribution in [0.25, 0.3) is 16.0 Å². The summed E-state index contributed by atoms with van der Waals surface area (Å²) < 4.78 is 10.2. The highest BCUT2D eigenvalue weighted by molar-refractivity contribution is 8.01. The number of hydrogen-bond acceptors (Lipinski definition) is 9. The summed E-state index contributed by atoms with van der Waals surface area (Å²) in [6.45, 7) is 4.60. The first-order valence-electron chi connectivity index (χ1n) is 12.2. The normalized spacial score (nSPS) is 13.6. The van der Waals surface area contributed by atoms with Gasteiger partial charge in [-0.05, 0) is 55.8 Å². The summed E-state index contributed by atoms with van der Waals surface area (Å²) in [6.07, 6.45) is 10.8. The summed E-state index contributed by atoms with van der Waals surface area (Å²) in [5.41, 5.74) is 2.48. The van der Waals surface area contributed by atoms with E-state index in [1.54, 1.807) is 54.4 Å². The second-order valence-corrected chi connectivity index (χ2v) is 10.7. The summed E-state index contributed by atoms with van der Waals surface area (Å²) in [4.78, 5) is 27.4. The molecular weight excluding hydrogens is 530 g/mol. The van der Waals surface area contributed by atoms with Crippen LogP contribution in [-0.2, 0) is 4.74 Å². The standard InChI is InChI=1S/C23H24ClN7O2S2.C2H6/c1-33-10-2-3-17(18-6-8-25-23(29-18)30-35-15-4-5-15)28-21(32)22-26-13-20(34-22)16-12-27-31-9-7-14(24)11-19(16)31;1-2/h6-9,11-13,15,17H,2-5,10H2,1H3,(H,28,32)(H,25,29,30);1-2H3. The Morgan fingerprint density at radius 2 is 2.14 bits per heavy atom. The molecule has 1 amide bonds. The molecule has 1 atom stereocenters. The highest BCUT2D eigenvalue weighted by Gasteiger charge is 2.24. The number of fused-ring (bicyclic) bond motifs is 1. The number of halogens is 1. The van der Waals surface area contributed by atoms with Gasteiger partial charge in [-0.3, -0.25) is 9.52 Å². The van der Waals surface area contributed by atoms with Crippen LogP contribution < -0.4 is 10.0 Å². The minimum absolute atomic E-state index is 0.251. The molecule has 0 bridgehead atoms. The number of methoxy groups -OCH3 is 1. The van der Waals surface area contributed by atoms with Crippen molar-refractivity contribution in [3.05, 3.63) is 58.7 Å². The molecule has 0 spiro atoms. The Kier molecular flexibility index (Phi) is 9.73. The molecule has 2 N–H and O–H groups in total. The Balaban J connectivity index is 0.00000156. The van der Waals surface area contributed by atoms with E-state index in [1.807, 2.05) is 26.0 Å². The zero-order valence-corrected chi connectivity index (χ0v) is 23.4. The lowest BCUT2D eigenvalue weighted by Crippen LogP contribution is -2.29. The van der Waals surface area contributed by atoms with Crippen molar-refractivity contribution in [1.82, 2.24) is 29.9 Å². The van der Waals surface area contributed by atoms with E-state index in [0.717, 1.165) is 28.1 Å². The Morgan fingerprint density at radius 1 is 1.30 bits per heavy atom. The molecule has 1 fully saturated rings. The van der Waals surface area contributed by atoms with Gasteiger partial charge in [0.25, 0.3) is 5.91 Å². The molecular formula is C25H30ClN7O2S2. The molecule has 5 rings (SSSR count). The second kappa shape index (κ2) is 13.2. The molecule has 9 nitrogen and oxygen atoms in total. The van der Waals surface area contributed by atoms with E-state index in [4.69, 9.17) is 16.3 Å². The van der Waals surface area contributed by atoms with Crippen molar-refractivity contribution in [2.75, 3.05) is 18.4 Å². The summed E-state index contributed by atoms with van der Waals surface area (Å²) >= 11 is 9.12. The van der Waals surface area contributed by atoms with Gasteiger partial charge in [-0.2, -0.15) is 5.10 Å². The molecule has 1 unspecified atom stereocenters. The predicted octanol–water partition coefficient (Wildman–Crippen LogP) is 6.05. The SMILES string of the molecule is CC.COCCCC(NC(=O)c1ncc(-c2cnn3ccc(Cl)cc23)s1)c1ccnc(NSC2CC2)n1. The smallest absolute Gasteiger partial charge is 0.280 e. The van der Waals surface area contributed by atoms with Crippen molar-refractivity contribution in [2.24, 2.45) is 0 Å². The fourth-order valence-corrected chi connectivity index (χ4v) is 5.27. The summed E-state index contributed by atoms with van der Waals surface area (Å²) in [7, 11) is 1.67. The average Bonchev–Trinajstić information content (AvgIpc) is 3.46. The Bertz CT molecular complexity index is 1330. The molecule has 0 saturated heterocycles. The van der Waals surface area contributed by atoms with Crippen molar-refractivity contribution >= 4 is 52.3 Å². The zero-order chi connectivity index (χ0) is 26.2. The van der Waals surface area contributed by atoms with Gasteiger partial charge in [0, 0.05) is 48.1 Å². The van der Waals surface area contributed by atoms with Crippen LogP contribution >= 0.6 is 34.9 Å². The maximum Gasteiger partial charge on any atom is 0.280 e. The number of carbonyl (C=O) groups excluding carboxylic acids is 1. The number of pyridine rings is 1. The number of amides is 1. The topological polar surface area (TPSA) is 106 Å². The average molecular weight is 560 g/mol. The number of carbonyl (C=O) groups is 1. The first-order chi connectivity index (χ1) is 18.1. The molecule has 4 aromatic heterocycles. The maximum atomic E-state index is 13.2. The first-order valence-corrected chi connectivity index (χ1v) is 14.3. The van der Waals surface area contributed by atoms with E-state index in [2.05, 4.69) is 30.1 Å². The van der Waals surface area contributed by atoms with Crippen LogP contribution in [0.2, 0.25) is 5.02 Å². The molecule has 0 aliphatic heterocycles. The van der Waals surface area contributed by atoms with Crippen LogP contribution in [0.4, 0.5) is 5.95 Å². The van der Waals surface area contributed by atoms with Gasteiger partial charge < -0.3 is 10.1 Å². The van der Waals surface area contributed by atoms with Crippen LogP contribution in [0.1, 0.15) is 61.1 Å². The number of rotatable bonds is 11. The minimum atomic E-state index is -0.296. The van der Waals surface area contributed by atoms with E-state index in [0.29, 0.717) is 34.3 Å². The number of aromatic nitrogens is 5. The van der Waals surface area contributed by atoms with Crippen LogP contribution in [0.15, 0.2) is 43.0 Å². The monoisotopic (exact) mass is 559 g/mol. The largest absolute Gasteiger partial charge is 0.385 e. The second-order valence-electron chi connectivity index (χ2n) is 8.15. The van der Waals surface area contributed by atoms with Crippen LogP contribution in [0, 0.1) is 0 Å². The number of nitrogens with one attached hydrogen (secondary N) is 2. The fraction of sp³-hybridized carbons (Fsp3) is 0.400. The van der Waals surface area contributed by atoms with Crippen molar-refractivity contribution in [3.8, 4) is 10.4 Å². The lowest BCUT2D eigenvalue weighted by Gasteiger charge is -2.18. The molecule has 37 heavy (non-hydrogen) atoms. The summed E-state index contributed by atoms with van der Waals surface area (Å²) in [6, 6.07) is 5.16. The third kappa shape index (κ3) is 7.19. The van der Waals surface area contributed by atoms with Crippen molar-refractivity contribution < 1.29 is 9.53 Å². The Morgan fingerprint density at radius 3 is 2.92 bits per heavy atom. The third-order valence-electron chi connectivity index (χ3n) is 5.47. The molecule has 1 saturated carbocycles. The van der Waals surface area contributed by atoms with Gasteiger partial charge >= 0.3 is 0 Å². The van der Waals surface area contributed by atoms with Crippen molar-refractivity contribution in [1.29, 1.82) is 0 Å². The van der Waals surface area contributed by atoms with E-state index in [1.165, 1.54) is 24.2 Å². The highest BCUT2D eigenvalue weighted by atomic mass is 35.5. The molecule has 0 aromatic carbocycles. The van der Waals surface area contributed by atoms with E-state index >= 15 is 0 Å². The van der Waals surface area contributed by atoms with Crippen LogP contribution in [-0.4, -0.2) is 49.4 Å². The quantitative estimate of drug-likeness (QED) is 0.169. The molecule has 196 valence electrons. The fourth-order valence-electron chi connectivity index (χ4n) is 3.53. The number of anilines is 1. The maximum absolute atomic E-state index is 13.2. The number of ether oxygens (including phenoxy) is 1. The molecule has 0 radical (unpaired) electrons. The Labute approximate surface area is 229 Å². The molecule has 12 heteroatoms. The van der Waals surface area contributed by atoms with Crippen LogP contribution in [0.3, 0.4) is 0 Å². The van der Waals surface area contributed by atoms with Crippen molar-refractivity contribution in [2.45, 2.75) is 50.8 Å². The van der Waals surface area contributed by atoms with Crippen LogP contribution in [0.5, 0.6) is 0 Å². The molecule has 4 heterocycles. The van der Waals surface area contributed by atoms with Gasteiger partial charge in [-0.15, -0.1) is 11.3 Å². The van der Waals surface area contributed by atoms with E-state index in [-0.39, 0.29) is 11.9 Å². The molecule has 1 aliphatic rings. The van der Waals surface area contributed by atoms with Gasteiger partial charge in [-0.25, -0.2) is 19.5 Å². The first kappa shape index (κ1) is 27.3.